The first-order valence-corrected chi connectivity index (χ1v) is 9.79. The van der Waals surface area contributed by atoms with Gasteiger partial charge in [0, 0.05) is 37.1 Å². The van der Waals surface area contributed by atoms with Gasteiger partial charge in [-0.3, -0.25) is 9.78 Å². The number of carbonyl (C=O) groups excluding carboxylic acids is 1. The molecule has 4 aromatic rings. The molecule has 146 valence electrons. The minimum atomic E-state index is -0.136. The topological polar surface area (TPSA) is 59.4 Å². The first-order chi connectivity index (χ1) is 14.2. The zero-order valence-corrected chi connectivity index (χ0v) is 16.3. The molecule has 0 saturated carbocycles. The average molecular weight is 386 g/mol. The van der Waals surface area contributed by atoms with Gasteiger partial charge >= 0.3 is 0 Å². The second-order valence-electron chi connectivity index (χ2n) is 7.21. The summed E-state index contributed by atoms with van der Waals surface area (Å²) in [5, 5.41) is 5.18. The highest BCUT2D eigenvalue weighted by molar-refractivity contribution is 6.15. The summed E-state index contributed by atoms with van der Waals surface area (Å²) in [4.78, 5) is 20.2. The van der Waals surface area contributed by atoms with Crippen LogP contribution in [0.25, 0.3) is 21.8 Å². The molecule has 1 fully saturated rings. The maximum atomic E-state index is 13.5. The van der Waals surface area contributed by atoms with Gasteiger partial charge in [0.05, 0.1) is 35.6 Å². The molecular formula is C23H22N4O2. The van der Waals surface area contributed by atoms with Crippen molar-refractivity contribution in [3.63, 3.8) is 0 Å². The molecule has 1 aliphatic rings. The van der Waals surface area contributed by atoms with Gasteiger partial charge in [-0.05, 0) is 18.2 Å². The molecule has 0 radical (unpaired) electrons. The predicted octanol–water partition coefficient (Wildman–Crippen LogP) is 3.82. The van der Waals surface area contributed by atoms with E-state index in [0.717, 1.165) is 40.6 Å². The number of ether oxygens (including phenoxy) is 1. The lowest BCUT2D eigenvalue weighted by atomic mass is 10.1. The van der Waals surface area contributed by atoms with Crippen LogP contribution in [-0.2, 0) is 11.8 Å². The highest BCUT2D eigenvalue weighted by Gasteiger charge is 2.26. The molecule has 0 spiro atoms. The fourth-order valence-electron chi connectivity index (χ4n) is 4.13. The lowest BCUT2D eigenvalue weighted by molar-refractivity contribution is 0.101. The van der Waals surface area contributed by atoms with Crippen molar-refractivity contribution in [1.29, 1.82) is 0 Å². The van der Waals surface area contributed by atoms with Gasteiger partial charge in [-0.25, -0.2) is 0 Å². The molecule has 29 heavy (non-hydrogen) atoms. The predicted molar refractivity (Wildman–Crippen MR) is 116 cm³/mol. The number of aromatic nitrogens is 2. The van der Waals surface area contributed by atoms with E-state index in [9.17, 15) is 4.79 Å². The Morgan fingerprint density at radius 1 is 1.03 bits per heavy atom. The van der Waals surface area contributed by atoms with E-state index in [2.05, 4.69) is 27.3 Å². The molecule has 6 heteroatoms. The highest BCUT2D eigenvalue weighted by atomic mass is 16.5. The highest BCUT2D eigenvalue weighted by Crippen LogP contribution is 2.35. The molecule has 1 aliphatic heterocycles. The molecule has 1 N–H and O–H groups in total. The lowest BCUT2D eigenvalue weighted by Gasteiger charge is -2.29. The van der Waals surface area contributed by atoms with Crippen LogP contribution in [0, 0.1) is 0 Å². The Bertz CT molecular complexity index is 1200. The molecule has 5 rings (SSSR count). The van der Waals surface area contributed by atoms with Crippen molar-refractivity contribution in [1.82, 2.24) is 9.55 Å². The molecule has 1 amide bonds. The molecule has 0 atom stereocenters. The Hall–Kier alpha value is -3.38. The Kier molecular flexibility index (Phi) is 4.41. The van der Waals surface area contributed by atoms with Gasteiger partial charge in [-0.2, -0.15) is 0 Å². The van der Waals surface area contributed by atoms with Crippen LogP contribution in [0.15, 0.2) is 60.8 Å². The second-order valence-corrected chi connectivity index (χ2v) is 7.21. The summed E-state index contributed by atoms with van der Waals surface area (Å²) in [7, 11) is 1.95. The number of fused-ring (bicyclic) bond motifs is 2. The van der Waals surface area contributed by atoms with Gasteiger partial charge in [0.25, 0.3) is 5.91 Å². The molecule has 0 bridgehead atoms. The van der Waals surface area contributed by atoms with Crippen molar-refractivity contribution in [2.45, 2.75) is 0 Å². The number of aryl methyl sites for hydroxylation is 1. The van der Waals surface area contributed by atoms with Crippen molar-refractivity contribution in [2.24, 2.45) is 7.05 Å². The number of para-hydroxylation sites is 2. The Morgan fingerprint density at radius 3 is 2.69 bits per heavy atom. The number of nitrogens with zero attached hydrogens (tertiary/aromatic N) is 3. The van der Waals surface area contributed by atoms with E-state index in [1.807, 2.05) is 54.1 Å². The van der Waals surface area contributed by atoms with Gasteiger partial charge in [0.2, 0.25) is 0 Å². The van der Waals surface area contributed by atoms with Crippen LogP contribution in [0.3, 0.4) is 0 Å². The van der Waals surface area contributed by atoms with Crippen LogP contribution in [0.5, 0.6) is 0 Å². The van der Waals surface area contributed by atoms with Crippen molar-refractivity contribution in [3.05, 3.63) is 66.5 Å². The summed E-state index contributed by atoms with van der Waals surface area (Å²) in [5.41, 5.74) is 4.16. The quantitative estimate of drug-likeness (QED) is 0.582. The first-order valence-electron chi connectivity index (χ1n) is 9.79. The summed E-state index contributed by atoms with van der Waals surface area (Å²) in [6.45, 7) is 2.86. The number of rotatable bonds is 3. The van der Waals surface area contributed by atoms with Gasteiger partial charge in [0.1, 0.15) is 5.69 Å². The number of hydrogen-bond acceptors (Lipinski definition) is 4. The van der Waals surface area contributed by atoms with Gasteiger partial charge in [0.15, 0.2) is 0 Å². The third-order valence-electron chi connectivity index (χ3n) is 5.50. The standard InChI is InChI=1S/C23H22N4O2/c1-26-19-10-3-2-8-17(19)21(27-12-14-29-15-13-27)22(26)23(28)25-18-9-4-6-16-7-5-11-24-20(16)18/h2-11H,12-15H2,1H3,(H,25,28). The monoisotopic (exact) mass is 386 g/mol. The minimum Gasteiger partial charge on any atom is -0.378 e. The number of benzene rings is 2. The summed E-state index contributed by atoms with van der Waals surface area (Å²) >= 11 is 0. The number of carbonyl (C=O) groups is 1. The Balaban J connectivity index is 1.62. The zero-order chi connectivity index (χ0) is 19.8. The third kappa shape index (κ3) is 3.02. The molecule has 2 aromatic carbocycles. The Labute approximate surface area is 168 Å². The van der Waals surface area contributed by atoms with Gasteiger partial charge in [-0.15, -0.1) is 0 Å². The van der Waals surface area contributed by atoms with Crippen LogP contribution < -0.4 is 10.2 Å². The smallest absolute Gasteiger partial charge is 0.274 e. The van der Waals surface area contributed by atoms with E-state index < -0.39 is 0 Å². The summed E-state index contributed by atoms with van der Waals surface area (Å²) in [6, 6.07) is 17.9. The van der Waals surface area contributed by atoms with E-state index >= 15 is 0 Å². The van der Waals surface area contributed by atoms with E-state index in [1.165, 1.54) is 0 Å². The second kappa shape index (κ2) is 7.22. The van der Waals surface area contributed by atoms with Crippen molar-refractivity contribution in [3.8, 4) is 0 Å². The van der Waals surface area contributed by atoms with Crippen LogP contribution in [-0.4, -0.2) is 41.8 Å². The van der Waals surface area contributed by atoms with E-state index in [0.29, 0.717) is 24.6 Å². The van der Waals surface area contributed by atoms with Crippen molar-refractivity contribution in [2.75, 3.05) is 36.5 Å². The molecule has 3 heterocycles. The molecule has 0 aliphatic carbocycles. The van der Waals surface area contributed by atoms with Crippen LogP contribution in [0.2, 0.25) is 0 Å². The maximum Gasteiger partial charge on any atom is 0.274 e. The SMILES string of the molecule is Cn1c(C(=O)Nc2cccc3cccnc23)c(N2CCOCC2)c2ccccc21. The number of nitrogens with one attached hydrogen (secondary N) is 1. The summed E-state index contributed by atoms with van der Waals surface area (Å²) in [5.74, 6) is -0.136. The normalized spacial score (nSPS) is 14.4. The molecule has 0 unspecified atom stereocenters. The number of pyridine rings is 1. The zero-order valence-electron chi connectivity index (χ0n) is 16.3. The minimum absolute atomic E-state index is 0.136. The number of amides is 1. The average Bonchev–Trinajstić information content (AvgIpc) is 3.07. The van der Waals surface area contributed by atoms with E-state index in [1.54, 1.807) is 6.20 Å². The fraction of sp³-hybridized carbons (Fsp3) is 0.217. The molecule has 6 nitrogen and oxygen atoms in total. The lowest BCUT2D eigenvalue weighted by Crippen LogP contribution is -2.37. The number of hydrogen-bond donors (Lipinski definition) is 1. The molecular weight excluding hydrogens is 364 g/mol. The third-order valence-corrected chi connectivity index (χ3v) is 5.50. The van der Waals surface area contributed by atoms with Crippen LogP contribution >= 0.6 is 0 Å². The van der Waals surface area contributed by atoms with Gasteiger partial charge in [-0.1, -0.05) is 36.4 Å². The fourth-order valence-corrected chi connectivity index (χ4v) is 4.13. The van der Waals surface area contributed by atoms with Crippen molar-refractivity contribution < 1.29 is 9.53 Å². The maximum absolute atomic E-state index is 13.5. The summed E-state index contributed by atoms with van der Waals surface area (Å²) < 4.78 is 7.51. The first kappa shape index (κ1) is 17.7. The molecule has 2 aromatic heterocycles. The number of morpholine rings is 1. The van der Waals surface area contributed by atoms with Gasteiger partial charge < -0.3 is 19.5 Å². The number of anilines is 2. The van der Waals surface area contributed by atoms with Crippen molar-refractivity contribution >= 4 is 39.1 Å². The van der Waals surface area contributed by atoms with Crippen LogP contribution in [0.4, 0.5) is 11.4 Å². The summed E-state index contributed by atoms with van der Waals surface area (Å²) in [6.07, 6.45) is 1.74. The van der Waals surface area contributed by atoms with E-state index in [4.69, 9.17) is 4.74 Å². The van der Waals surface area contributed by atoms with Crippen LogP contribution in [0.1, 0.15) is 10.5 Å². The van der Waals surface area contributed by atoms with E-state index in [-0.39, 0.29) is 5.91 Å². The molecule has 1 saturated heterocycles. The largest absolute Gasteiger partial charge is 0.378 e. The Morgan fingerprint density at radius 2 is 1.83 bits per heavy atom.